The molecule has 1 atom stereocenters. The molecule has 1 amide bonds. The number of nitrogens with zero attached hydrogens (tertiary/aromatic N) is 2. The predicted molar refractivity (Wildman–Crippen MR) is 87.8 cm³/mol. The fourth-order valence-corrected chi connectivity index (χ4v) is 3.15. The summed E-state index contributed by atoms with van der Waals surface area (Å²) in [5, 5.41) is 3.28. The summed E-state index contributed by atoms with van der Waals surface area (Å²) in [5.74, 6) is 0.154. The van der Waals surface area contributed by atoms with Crippen LogP contribution >= 0.6 is 0 Å². The van der Waals surface area contributed by atoms with Crippen LogP contribution in [0.5, 0.6) is 0 Å². The molecule has 1 fully saturated rings. The standard InChI is InChI=1S/C17H27N3O/c1-4-18-16-10-8-7-9-15(16)17(21)20-12-11-14(13-20)19(5-2)6-3/h7-10,14,18H,4-6,11-13H2,1-3H3. The van der Waals surface area contributed by atoms with Gasteiger partial charge in [0.15, 0.2) is 0 Å². The number of likely N-dealkylation sites (N-methyl/N-ethyl adjacent to an activating group) is 1. The molecule has 1 heterocycles. The number of rotatable bonds is 6. The lowest BCUT2D eigenvalue weighted by molar-refractivity contribution is 0.0779. The minimum atomic E-state index is 0.154. The van der Waals surface area contributed by atoms with Crippen LogP contribution in [0.1, 0.15) is 37.6 Å². The van der Waals surface area contributed by atoms with E-state index >= 15 is 0 Å². The first-order valence-electron chi connectivity index (χ1n) is 8.07. The third-order valence-electron chi connectivity index (χ3n) is 4.30. The first-order chi connectivity index (χ1) is 10.2. The largest absolute Gasteiger partial charge is 0.385 e. The predicted octanol–water partition coefficient (Wildman–Crippen LogP) is 2.67. The molecular formula is C17H27N3O. The third kappa shape index (κ3) is 3.56. The molecule has 1 aromatic rings. The Morgan fingerprint density at radius 3 is 2.67 bits per heavy atom. The number of benzene rings is 1. The zero-order valence-electron chi connectivity index (χ0n) is 13.4. The van der Waals surface area contributed by atoms with Crippen LogP contribution in [0.25, 0.3) is 0 Å². The van der Waals surface area contributed by atoms with Crippen molar-refractivity contribution in [2.75, 3.05) is 38.0 Å². The monoisotopic (exact) mass is 289 g/mol. The van der Waals surface area contributed by atoms with Gasteiger partial charge in [0.1, 0.15) is 0 Å². The highest BCUT2D eigenvalue weighted by Gasteiger charge is 2.30. The molecule has 0 aromatic heterocycles. The highest BCUT2D eigenvalue weighted by atomic mass is 16.2. The zero-order chi connectivity index (χ0) is 15.2. The van der Waals surface area contributed by atoms with Crippen LogP contribution in [0.3, 0.4) is 0 Å². The molecule has 1 N–H and O–H groups in total. The van der Waals surface area contributed by atoms with Crippen molar-refractivity contribution in [2.45, 2.75) is 33.2 Å². The van der Waals surface area contributed by atoms with E-state index in [0.29, 0.717) is 6.04 Å². The van der Waals surface area contributed by atoms with Crippen molar-refractivity contribution in [1.29, 1.82) is 0 Å². The van der Waals surface area contributed by atoms with Crippen molar-refractivity contribution in [3.05, 3.63) is 29.8 Å². The Bertz CT molecular complexity index is 471. The minimum absolute atomic E-state index is 0.154. The van der Waals surface area contributed by atoms with Gasteiger partial charge in [-0.15, -0.1) is 0 Å². The summed E-state index contributed by atoms with van der Waals surface area (Å²) in [6.07, 6.45) is 1.08. The number of nitrogens with one attached hydrogen (secondary N) is 1. The summed E-state index contributed by atoms with van der Waals surface area (Å²) in [6.45, 7) is 11.1. The van der Waals surface area contributed by atoms with E-state index in [1.54, 1.807) is 0 Å². The van der Waals surface area contributed by atoms with Gasteiger partial charge >= 0.3 is 0 Å². The van der Waals surface area contributed by atoms with Gasteiger partial charge in [-0.25, -0.2) is 0 Å². The summed E-state index contributed by atoms with van der Waals surface area (Å²) >= 11 is 0. The average Bonchev–Trinajstić information content (AvgIpc) is 2.98. The van der Waals surface area contributed by atoms with Crippen molar-refractivity contribution in [3.63, 3.8) is 0 Å². The molecule has 116 valence electrons. The van der Waals surface area contributed by atoms with Crippen LogP contribution in [0.2, 0.25) is 0 Å². The third-order valence-corrected chi connectivity index (χ3v) is 4.30. The number of hydrogen-bond donors (Lipinski definition) is 1. The quantitative estimate of drug-likeness (QED) is 0.874. The Hall–Kier alpha value is -1.55. The van der Waals surface area contributed by atoms with Gasteiger partial charge in [0.2, 0.25) is 0 Å². The molecule has 1 unspecified atom stereocenters. The second-order valence-corrected chi connectivity index (χ2v) is 5.49. The van der Waals surface area contributed by atoms with Gasteiger partial charge in [0, 0.05) is 31.4 Å². The first kappa shape index (κ1) is 15.8. The van der Waals surface area contributed by atoms with E-state index in [4.69, 9.17) is 0 Å². The van der Waals surface area contributed by atoms with Crippen LogP contribution in [0.4, 0.5) is 5.69 Å². The molecular weight excluding hydrogens is 262 g/mol. The smallest absolute Gasteiger partial charge is 0.256 e. The summed E-state index contributed by atoms with van der Waals surface area (Å²) in [6, 6.07) is 8.32. The molecule has 1 aromatic carbocycles. The molecule has 0 aliphatic carbocycles. The Morgan fingerprint density at radius 2 is 2.00 bits per heavy atom. The van der Waals surface area contributed by atoms with Crippen molar-refractivity contribution in [3.8, 4) is 0 Å². The first-order valence-corrected chi connectivity index (χ1v) is 8.07. The van der Waals surface area contributed by atoms with E-state index in [-0.39, 0.29) is 5.91 Å². The number of likely N-dealkylation sites (tertiary alicyclic amines) is 1. The fourth-order valence-electron chi connectivity index (χ4n) is 3.15. The molecule has 0 spiro atoms. The van der Waals surface area contributed by atoms with Gasteiger partial charge in [-0.1, -0.05) is 26.0 Å². The summed E-state index contributed by atoms with van der Waals surface area (Å²) < 4.78 is 0. The minimum Gasteiger partial charge on any atom is -0.385 e. The number of para-hydroxylation sites is 1. The molecule has 21 heavy (non-hydrogen) atoms. The van der Waals surface area contributed by atoms with Crippen molar-refractivity contribution < 1.29 is 4.79 Å². The van der Waals surface area contributed by atoms with Crippen LogP contribution in [0.15, 0.2) is 24.3 Å². The van der Waals surface area contributed by atoms with Crippen LogP contribution in [0, 0.1) is 0 Å². The number of hydrogen-bond acceptors (Lipinski definition) is 3. The van der Waals surface area contributed by atoms with Gasteiger partial charge in [0.05, 0.1) is 5.56 Å². The van der Waals surface area contributed by atoms with Crippen LogP contribution < -0.4 is 5.32 Å². The summed E-state index contributed by atoms with van der Waals surface area (Å²) in [7, 11) is 0. The van der Waals surface area contributed by atoms with E-state index in [9.17, 15) is 4.79 Å². The normalized spacial score (nSPS) is 18.3. The molecule has 2 rings (SSSR count). The zero-order valence-corrected chi connectivity index (χ0v) is 13.4. The fraction of sp³-hybridized carbons (Fsp3) is 0.588. The lowest BCUT2D eigenvalue weighted by Crippen LogP contribution is -2.38. The topological polar surface area (TPSA) is 35.6 Å². The van der Waals surface area contributed by atoms with Crippen LogP contribution in [-0.4, -0.2) is 54.5 Å². The second kappa shape index (κ2) is 7.46. The van der Waals surface area contributed by atoms with Crippen LogP contribution in [-0.2, 0) is 0 Å². The second-order valence-electron chi connectivity index (χ2n) is 5.49. The van der Waals surface area contributed by atoms with E-state index < -0.39 is 0 Å². The molecule has 1 aliphatic heterocycles. The Kier molecular flexibility index (Phi) is 5.62. The van der Waals surface area contributed by atoms with E-state index in [1.165, 1.54) is 0 Å². The molecule has 4 nitrogen and oxygen atoms in total. The summed E-state index contributed by atoms with van der Waals surface area (Å²) in [5.41, 5.74) is 1.73. The number of carbonyl (C=O) groups excluding carboxylic acids is 1. The maximum absolute atomic E-state index is 12.8. The maximum atomic E-state index is 12.8. The van der Waals surface area contributed by atoms with Crippen molar-refractivity contribution in [2.24, 2.45) is 0 Å². The molecule has 0 bridgehead atoms. The Labute approximate surface area is 128 Å². The van der Waals surface area contributed by atoms with Crippen molar-refractivity contribution in [1.82, 2.24) is 9.80 Å². The van der Waals surface area contributed by atoms with Gasteiger partial charge in [-0.3, -0.25) is 9.69 Å². The highest BCUT2D eigenvalue weighted by molar-refractivity contribution is 5.99. The van der Waals surface area contributed by atoms with Gasteiger partial charge < -0.3 is 10.2 Å². The molecule has 4 heteroatoms. The Balaban J connectivity index is 2.08. The van der Waals surface area contributed by atoms with E-state index in [1.807, 2.05) is 36.1 Å². The molecule has 1 aliphatic rings. The lowest BCUT2D eigenvalue weighted by atomic mass is 10.1. The molecule has 0 radical (unpaired) electrons. The van der Waals surface area contributed by atoms with E-state index in [0.717, 1.165) is 50.4 Å². The van der Waals surface area contributed by atoms with E-state index in [2.05, 4.69) is 24.1 Å². The summed E-state index contributed by atoms with van der Waals surface area (Å²) in [4.78, 5) is 17.2. The van der Waals surface area contributed by atoms with Gasteiger partial charge in [-0.05, 0) is 38.6 Å². The number of amides is 1. The average molecular weight is 289 g/mol. The molecule has 1 saturated heterocycles. The highest BCUT2D eigenvalue weighted by Crippen LogP contribution is 2.22. The van der Waals surface area contributed by atoms with Gasteiger partial charge in [0.25, 0.3) is 5.91 Å². The number of carbonyl (C=O) groups is 1. The maximum Gasteiger partial charge on any atom is 0.256 e. The van der Waals surface area contributed by atoms with Gasteiger partial charge in [-0.2, -0.15) is 0 Å². The number of anilines is 1. The molecule has 0 saturated carbocycles. The van der Waals surface area contributed by atoms with Crippen molar-refractivity contribution >= 4 is 11.6 Å². The Morgan fingerprint density at radius 1 is 1.29 bits per heavy atom. The SMILES string of the molecule is CCNc1ccccc1C(=O)N1CCC(N(CC)CC)C1. The lowest BCUT2D eigenvalue weighted by Gasteiger charge is -2.26.